The summed E-state index contributed by atoms with van der Waals surface area (Å²) in [5, 5.41) is 6.55. The first kappa shape index (κ1) is 19.5. The molecule has 0 radical (unpaired) electrons. The molecule has 3 rings (SSSR count). The van der Waals surface area contributed by atoms with Crippen molar-refractivity contribution in [3.8, 4) is 0 Å². The van der Waals surface area contributed by atoms with Gasteiger partial charge in [-0.3, -0.25) is 4.99 Å². The van der Waals surface area contributed by atoms with E-state index in [2.05, 4.69) is 30.5 Å². The lowest BCUT2D eigenvalue weighted by Crippen LogP contribution is -2.41. The third-order valence-corrected chi connectivity index (χ3v) is 5.56. The Labute approximate surface area is 162 Å². The van der Waals surface area contributed by atoms with E-state index in [1.54, 1.807) is 24.5 Å². The van der Waals surface area contributed by atoms with Crippen LogP contribution in [0.4, 0.5) is 14.5 Å². The number of hydrogen-bond acceptors (Lipinski definition) is 4. The second kappa shape index (κ2) is 8.65. The summed E-state index contributed by atoms with van der Waals surface area (Å²) in [7, 11) is 3.76. The van der Waals surface area contributed by atoms with Crippen LogP contribution in [0.2, 0.25) is 0 Å². The summed E-state index contributed by atoms with van der Waals surface area (Å²) < 4.78 is 26.6. The summed E-state index contributed by atoms with van der Waals surface area (Å²) in [5.41, 5.74) is 1.77. The van der Waals surface area contributed by atoms with E-state index in [0.717, 1.165) is 48.4 Å². The maximum absolute atomic E-state index is 13.5. The molecular formula is C19H25F2N5S. The minimum atomic E-state index is -0.807. The zero-order valence-electron chi connectivity index (χ0n) is 15.9. The summed E-state index contributed by atoms with van der Waals surface area (Å²) in [6.07, 6.45) is 0.998. The Morgan fingerprint density at radius 2 is 2.22 bits per heavy atom. The van der Waals surface area contributed by atoms with E-state index in [1.807, 2.05) is 14.0 Å². The lowest BCUT2D eigenvalue weighted by molar-refractivity contribution is 0.458. The van der Waals surface area contributed by atoms with E-state index in [-0.39, 0.29) is 0 Å². The van der Waals surface area contributed by atoms with Crippen LogP contribution >= 0.6 is 11.3 Å². The van der Waals surface area contributed by atoms with Crippen molar-refractivity contribution in [1.82, 2.24) is 15.2 Å². The van der Waals surface area contributed by atoms with Gasteiger partial charge in [-0.25, -0.2) is 13.8 Å². The maximum Gasteiger partial charge on any atom is 0.193 e. The van der Waals surface area contributed by atoms with Crippen LogP contribution in [-0.2, 0) is 6.54 Å². The summed E-state index contributed by atoms with van der Waals surface area (Å²) >= 11 is 1.65. The number of hydrogen-bond donors (Lipinski definition) is 1. The van der Waals surface area contributed by atoms with Crippen LogP contribution < -0.4 is 10.2 Å². The van der Waals surface area contributed by atoms with Crippen LogP contribution in [-0.4, -0.2) is 49.6 Å². The molecule has 1 saturated heterocycles. The third-order valence-electron chi connectivity index (χ3n) is 4.74. The number of aryl methyl sites for hydroxylation is 1. The Bertz CT molecular complexity index is 807. The number of halogens is 2. The molecule has 1 aliphatic heterocycles. The molecule has 146 valence electrons. The molecule has 1 unspecified atom stereocenters. The Kier molecular flexibility index (Phi) is 6.26. The Morgan fingerprint density at radius 3 is 2.89 bits per heavy atom. The van der Waals surface area contributed by atoms with Gasteiger partial charge in [-0.2, -0.15) is 0 Å². The maximum atomic E-state index is 13.5. The average Bonchev–Trinajstić information content (AvgIpc) is 3.27. The number of nitrogens with zero attached hydrogens (tertiary/aromatic N) is 4. The number of aromatic nitrogens is 1. The highest BCUT2D eigenvalue weighted by Gasteiger charge is 2.24. The van der Waals surface area contributed by atoms with Crippen LogP contribution in [0.25, 0.3) is 0 Å². The quantitative estimate of drug-likeness (QED) is 0.626. The highest BCUT2D eigenvalue weighted by Crippen LogP contribution is 2.25. The molecule has 8 heteroatoms. The van der Waals surface area contributed by atoms with Crippen molar-refractivity contribution in [1.29, 1.82) is 0 Å². The molecule has 1 aliphatic rings. The molecule has 1 N–H and O–H groups in total. The average molecular weight is 394 g/mol. The second-order valence-corrected chi connectivity index (χ2v) is 7.90. The highest BCUT2D eigenvalue weighted by molar-refractivity contribution is 7.09. The van der Waals surface area contributed by atoms with Gasteiger partial charge in [0.25, 0.3) is 0 Å². The van der Waals surface area contributed by atoms with E-state index in [1.165, 1.54) is 12.1 Å². The predicted molar refractivity (Wildman–Crippen MR) is 106 cm³/mol. The van der Waals surface area contributed by atoms with Crippen molar-refractivity contribution in [3.63, 3.8) is 0 Å². The topological polar surface area (TPSA) is 43.8 Å². The first-order chi connectivity index (χ1) is 13.0. The minimum absolute atomic E-state index is 0.421. The van der Waals surface area contributed by atoms with Crippen molar-refractivity contribution in [2.24, 2.45) is 10.9 Å². The van der Waals surface area contributed by atoms with Crippen LogP contribution in [0.1, 0.15) is 17.1 Å². The molecule has 1 aromatic carbocycles. The Hall–Kier alpha value is -2.22. The van der Waals surface area contributed by atoms with E-state index >= 15 is 0 Å². The Balaban J connectivity index is 1.51. The monoisotopic (exact) mass is 393 g/mol. The van der Waals surface area contributed by atoms with Gasteiger partial charge in [-0.1, -0.05) is 0 Å². The second-order valence-electron chi connectivity index (χ2n) is 6.84. The van der Waals surface area contributed by atoms with Crippen LogP contribution in [0.15, 0.2) is 28.6 Å². The predicted octanol–water partition coefficient (Wildman–Crippen LogP) is 3.26. The zero-order valence-corrected chi connectivity index (χ0v) is 16.7. The van der Waals surface area contributed by atoms with Gasteiger partial charge < -0.3 is 15.1 Å². The van der Waals surface area contributed by atoms with Crippen LogP contribution in [0.3, 0.4) is 0 Å². The number of aliphatic imine (C=N–C) groups is 1. The van der Waals surface area contributed by atoms with Crippen LogP contribution in [0.5, 0.6) is 0 Å². The molecule has 1 aromatic heterocycles. The molecule has 0 bridgehead atoms. The molecule has 0 amide bonds. The molecule has 0 aliphatic carbocycles. The smallest absolute Gasteiger partial charge is 0.193 e. The van der Waals surface area contributed by atoms with Gasteiger partial charge in [0, 0.05) is 50.9 Å². The lowest BCUT2D eigenvalue weighted by atomic mass is 10.1. The van der Waals surface area contributed by atoms with Gasteiger partial charge in [0.15, 0.2) is 17.6 Å². The largest absolute Gasteiger partial charge is 0.371 e. The molecule has 0 spiro atoms. The van der Waals surface area contributed by atoms with Gasteiger partial charge in [-0.15, -0.1) is 11.3 Å². The number of rotatable bonds is 5. The molecule has 0 saturated carbocycles. The Morgan fingerprint density at radius 1 is 1.41 bits per heavy atom. The minimum Gasteiger partial charge on any atom is -0.371 e. The number of guanidine groups is 1. The first-order valence-corrected chi connectivity index (χ1v) is 9.87. The standard InChI is InChI=1S/C19H25F2N5S/c1-13-24-15(12-27-13)11-25(3)19(22-2)23-9-14-6-7-26(10-14)16-4-5-17(20)18(21)8-16/h4-5,8,12,14H,6-7,9-11H2,1-3H3,(H,22,23). The van der Waals surface area contributed by atoms with Gasteiger partial charge >= 0.3 is 0 Å². The molecule has 1 fully saturated rings. The number of benzene rings is 1. The first-order valence-electron chi connectivity index (χ1n) is 8.99. The number of anilines is 1. The van der Waals surface area contributed by atoms with Crippen molar-refractivity contribution >= 4 is 23.0 Å². The van der Waals surface area contributed by atoms with Crippen molar-refractivity contribution in [3.05, 3.63) is 45.9 Å². The van der Waals surface area contributed by atoms with E-state index < -0.39 is 11.6 Å². The van der Waals surface area contributed by atoms with Gasteiger partial charge in [-0.05, 0) is 31.4 Å². The molecule has 2 aromatic rings. The molecule has 27 heavy (non-hydrogen) atoms. The van der Waals surface area contributed by atoms with E-state index in [9.17, 15) is 8.78 Å². The summed E-state index contributed by atoms with van der Waals surface area (Å²) in [5.74, 6) is -0.358. The SMILES string of the molecule is CN=C(NCC1CCN(c2ccc(F)c(F)c2)C1)N(C)Cc1csc(C)n1. The lowest BCUT2D eigenvalue weighted by Gasteiger charge is -2.23. The molecule has 1 atom stereocenters. The van der Waals surface area contributed by atoms with Crippen molar-refractivity contribution in [2.45, 2.75) is 19.9 Å². The molecule has 2 heterocycles. The fourth-order valence-electron chi connectivity index (χ4n) is 3.33. The normalized spacial score (nSPS) is 17.4. The fourth-order valence-corrected chi connectivity index (χ4v) is 3.94. The molecular weight excluding hydrogens is 368 g/mol. The molecule has 5 nitrogen and oxygen atoms in total. The van der Waals surface area contributed by atoms with Crippen molar-refractivity contribution < 1.29 is 8.78 Å². The summed E-state index contributed by atoms with van der Waals surface area (Å²) in [6.45, 7) is 5.14. The van der Waals surface area contributed by atoms with Gasteiger partial charge in [0.05, 0.1) is 17.2 Å². The number of nitrogens with one attached hydrogen (secondary N) is 1. The summed E-state index contributed by atoms with van der Waals surface area (Å²) in [6, 6.07) is 4.09. The van der Waals surface area contributed by atoms with Gasteiger partial charge in [0.1, 0.15) is 0 Å². The third kappa shape index (κ3) is 4.94. The van der Waals surface area contributed by atoms with Gasteiger partial charge in [0.2, 0.25) is 0 Å². The number of thiazole rings is 1. The van der Waals surface area contributed by atoms with E-state index in [4.69, 9.17) is 0 Å². The van der Waals surface area contributed by atoms with E-state index in [0.29, 0.717) is 12.5 Å². The zero-order chi connectivity index (χ0) is 19.4. The fraction of sp³-hybridized carbons (Fsp3) is 0.474. The highest BCUT2D eigenvalue weighted by atomic mass is 32.1. The van der Waals surface area contributed by atoms with Crippen LogP contribution in [0, 0.1) is 24.5 Å². The summed E-state index contributed by atoms with van der Waals surface area (Å²) in [4.78, 5) is 13.0. The van der Waals surface area contributed by atoms with Crippen molar-refractivity contribution in [2.75, 3.05) is 38.6 Å².